The van der Waals surface area contributed by atoms with Crippen LogP contribution in [0.2, 0.25) is 0 Å². The average molecular weight is 381 g/mol. The number of benzene rings is 1. The van der Waals surface area contributed by atoms with Crippen LogP contribution >= 0.6 is 11.6 Å². The highest BCUT2D eigenvalue weighted by Gasteiger charge is 2.41. The predicted molar refractivity (Wildman–Crippen MR) is 99.4 cm³/mol. The van der Waals surface area contributed by atoms with Crippen LogP contribution in [0, 0.1) is 5.82 Å². The lowest BCUT2D eigenvalue weighted by Gasteiger charge is -2.32. The number of alkyl halides is 1. The third-order valence-electron chi connectivity index (χ3n) is 5.26. The Morgan fingerprint density at radius 3 is 2.23 bits per heavy atom. The molecule has 0 heterocycles. The molecule has 2 aliphatic carbocycles. The highest BCUT2D eigenvalue weighted by atomic mass is 35.5. The van der Waals surface area contributed by atoms with E-state index in [2.05, 4.69) is 5.32 Å². The van der Waals surface area contributed by atoms with Gasteiger partial charge in [0, 0.05) is 12.1 Å². The number of amides is 2. The molecule has 2 aliphatic rings. The van der Waals surface area contributed by atoms with Gasteiger partial charge in [-0.3, -0.25) is 9.59 Å². The van der Waals surface area contributed by atoms with E-state index in [4.69, 9.17) is 11.6 Å². The third kappa shape index (κ3) is 4.76. The van der Waals surface area contributed by atoms with Crippen LogP contribution in [-0.4, -0.2) is 34.7 Å². The molecule has 1 aromatic carbocycles. The van der Waals surface area contributed by atoms with E-state index in [9.17, 15) is 14.0 Å². The maximum Gasteiger partial charge on any atom is 0.247 e. The van der Waals surface area contributed by atoms with Gasteiger partial charge in [-0.1, -0.05) is 37.8 Å². The van der Waals surface area contributed by atoms with Crippen molar-refractivity contribution in [1.29, 1.82) is 0 Å². The van der Waals surface area contributed by atoms with Crippen molar-refractivity contribution in [1.82, 2.24) is 10.2 Å². The summed E-state index contributed by atoms with van der Waals surface area (Å²) in [5.41, 5.74) is 0.628. The van der Waals surface area contributed by atoms with E-state index in [1.165, 1.54) is 25.0 Å². The summed E-state index contributed by atoms with van der Waals surface area (Å²) >= 11 is 5.81. The second-order valence-corrected chi connectivity index (χ2v) is 7.58. The first-order valence-electron chi connectivity index (χ1n) is 9.53. The van der Waals surface area contributed by atoms with Crippen LogP contribution in [0.5, 0.6) is 0 Å². The topological polar surface area (TPSA) is 49.4 Å². The van der Waals surface area contributed by atoms with Crippen LogP contribution in [0.3, 0.4) is 0 Å². The molecule has 2 amide bonds. The zero-order valence-electron chi connectivity index (χ0n) is 14.9. The maximum absolute atomic E-state index is 13.4. The van der Waals surface area contributed by atoms with Crippen molar-refractivity contribution in [2.24, 2.45) is 0 Å². The molecule has 3 rings (SSSR count). The minimum atomic E-state index is -0.752. The Bertz CT molecular complexity index is 625. The van der Waals surface area contributed by atoms with Crippen molar-refractivity contribution in [3.05, 3.63) is 35.6 Å². The number of halogens is 2. The first-order chi connectivity index (χ1) is 12.6. The summed E-state index contributed by atoms with van der Waals surface area (Å²) in [6, 6.07) is 5.26. The Kier molecular flexibility index (Phi) is 6.52. The predicted octanol–water partition coefficient (Wildman–Crippen LogP) is 3.94. The number of nitrogens with one attached hydrogen (secondary N) is 1. The highest BCUT2D eigenvalue weighted by Crippen LogP contribution is 2.35. The highest BCUT2D eigenvalue weighted by molar-refractivity contribution is 6.27. The van der Waals surface area contributed by atoms with Crippen molar-refractivity contribution in [2.75, 3.05) is 5.88 Å². The molecule has 0 aromatic heterocycles. The summed E-state index contributed by atoms with van der Waals surface area (Å²) in [4.78, 5) is 27.2. The molecule has 2 fully saturated rings. The van der Waals surface area contributed by atoms with Gasteiger partial charge in [0.15, 0.2) is 0 Å². The molecule has 1 atom stereocenters. The zero-order chi connectivity index (χ0) is 18.5. The first-order valence-corrected chi connectivity index (χ1v) is 10.1. The molecule has 142 valence electrons. The Morgan fingerprint density at radius 2 is 1.69 bits per heavy atom. The van der Waals surface area contributed by atoms with Crippen molar-refractivity contribution in [3.8, 4) is 0 Å². The molecular weight excluding hydrogens is 355 g/mol. The zero-order valence-corrected chi connectivity index (χ0v) is 15.7. The van der Waals surface area contributed by atoms with E-state index in [0.29, 0.717) is 5.56 Å². The minimum absolute atomic E-state index is 0.0381. The second-order valence-electron chi connectivity index (χ2n) is 7.32. The van der Waals surface area contributed by atoms with Crippen molar-refractivity contribution in [3.63, 3.8) is 0 Å². The Balaban J connectivity index is 1.84. The van der Waals surface area contributed by atoms with E-state index in [-0.39, 0.29) is 35.6 Å². The minimum Gasteiger partial charge on any atom is -0.351 e. The Morgan fingerprint density at radius 1 is 1.08 bits per heavy atom. The van der Waals surface area contributed by atoms with Gasteiger partial charge in [0.2, 0.25) is 11.8 Å². The molecule has 6 heteroatoms. The van der Waals surface area contributed by atoms with Gasteiger partial charge in [-0.05, 0) is 43.4 Å². The number of carbonyl (C=O) groups excluding carboxylic acids is 2. The monoisotopic (exact) mass is 380 g/mol. The maximum atomic E-state index is 13.4. The van der Waals surface area contributed by atoms with E-state index < -0.39 is 6.04 Å². The fraction of sp³-hybridized carbons (Fsp3) is 0.600. The Hall–Kier alpha value is -1.62. The summed E-state index contributed by atoms with van der Waals surface area (Å²) in [5, 5.41) is 3.14. The molecule has 26 heavy (non-hydrogen) atoms. The molecule has 0 unspecified atom stereocenters. The summed E-state index contributed by atoms with van der Waals surface area (Å²) in [6.45, 7) is 0. The molecular formula is C20H26ClFN2O2. The lowest BCUT2D eigenvalue weighted by atomic mass is 10.0. The number of carbonyl (C=O) groups is 2. The van der Waals surface area contributed by atoms with Crippen molar-refractivity contribution >= 4 is 23.4 Å². The van der Waals surface area contributed by atoms with Gasteiger partial charge in [-0.25, -0.2) is 4.39 Å². The lowest BCUT2D eigenvalue weighted by Crippen LogP contribution is -2.47. The number of hydrogen-bond acceptors (Lipinski definition) is 2. The van der Waals surface area contributed by atoms with E-state index in [0.717, 1.165) is 38.5 Å². The lowest BCUT2D eigenvalue weighted by molar-refractivity contribution is -0.140. The first kappa shape index (κ1) is 19.2. The molecule has 0 spiro atoms. The molecule has 0 saturated heterocycles. The molecule has 4 nitrogen and oxygen atoms in total. The van der Waals surface area contributed by atoms with Gasteiger partial charge in [0.25, 0.3) is 0 Å². The SMILES string of the molecule is O=C(NC1CCCCCC1)[C@H](c1ccc(F)cc1)N(C(=O)CCl)C1CC1. The number of nitrogens with zero attached hydrogens (tertiary/aromatic N) is 1. The van der Waals surface area contributed by atoms with Crippen molar-refractivity contribution < 1.29 is 14.0 Å². The van der Waals surface area contributed by atoms with Gasteiger partial charge in [-0.2, -0.15) is 0 Å². The molecule has 0 radical (unpaired) electrons. The van der Waals surface area contributed by atoms with Gasteiger partial charge in [-0.15, -0.1) is 11.6 Å². The number of rotatable bonds is 6. The molecule has 2 saturated carbocycles. The van der Waals surface area contributed by atoms with Gasteiger partial charge < -0.3 is 10.2 Å². The standard InChI is InChI=1S/C20H26ClFN2O2/c21-13-18(25)24(17-11-12-17)19(14-7-9-15(22)10-8-14)20(26)23-16-5-3-1-2-4-6-16/h7-10,16-17,19H,1-6,11-13H2,(H,23,26)/t19-/m0/s1. The average Bonchev–Trinajstić information content (AvgIpc) is 3.48. The molecule has 1 N–H and O–H groups in total. The van der Waals surface area contributed by atoms with Gasteiger partial charge >= 0.3 is 0 Å². The third-order valence-corrected chi connectivity index (χ3v) is 5.49. The quantitative estimate of drug-likeness (QED) is 0.600. The van der Waals surface area contributed by atoms with Gasteiger partial charge in [0.1, 0.15) is 17.7 Å². The smallest absolute Gasteiger partial charge is 0.247 e. The summed E-state index contributed by atoms with van der Waals surface area (Å²) < 4.78 is 13.4. The normalized spacial score (nSPS) is 19.5. The van der Waals surface area contributed by atoms with E-state index in [1.54, 1.807) is 17.0 Å². The van der Waals surface area contributed by atoms with E-state index in [1.807, 2.05) is 0 Å². The van der Waals surface area contributed by atoms with Crippen LogP contribution in [0.25, 0.3) is 0 Å². The van der Waals surface area contributed by atoms with Crippen molar-refractivity contribution in [2.45, 2.75) is 69.5 Å². The largest absolute Gasteiger partial charge is 0.351 e. The van der Waals surface area contributed by atoms with Crippen LogP contribution in [0.4, 0.5) is 4.39 Å². The molecule has 1 aromatic rings. The molecule has 0 bridgehead atoms. The Labute approximate surface area is 159 Å². The second kappa shape index (κ2) is 8.85. The summed E-state index contributed by atoms with van der Waals surface area (Å²) in [7, 11) is 0. The summed E-state index contributed by atoms with van der Waals surface area (Å²) in [6.07, 6.45) is 8.30. The van der Waals surface area contributed by atoms with Crippen LogP contribution in [0.1, 0.15) is 63.0 Å². The van der Waals surface area contributed by atoms with E-state index >= 15 is 0 Å². The van der Waals surface area contributed by atoms with Gasteiger partial charge in [0.05, 0.1) is 0 Å². The van der Waals surface area contributed by atoms with Crippen LogP contribution in [-0.2, 0) is 9.59 Å². The fourth-order valence-corrected chi connectivity index (χ4v) is 3.91. The van der Waals surface area contributed by atoms with Crippen LogP contribution < -0.4 is 5.32 Å². The fourth-order valence-electron chi connectivity index (χ4n) is 3.77. The molecule has 0 aliphatic heterocycles. The summed E-state index contributed by atoms with van der Waals surface area (Å²) in [5.74, 6) is -0.961. The van der Waals surface area contributed by atoms with Crippen LogP contribution in [0.15, 0.2) is 24.3 Å². The number of hydrogen-bond donors (Lipinski definition) is 1.